The molecule has 0 aliphatic carbocycles. The van der Waals surface area contributed by atoms with Crippen LogP contribution >= 0.6 is 0 Å². The summed E-state index contributed by atoms with van der Waals surface area (Å²) in [6.45, 7) is 7.58. The quantitative estimate of drug-likeness (QED) is 0.387. The van der Waals surface area contributed by atoms with Crippen LogP contribution in [-0.2, 0) is 9.53 Å². The third kappa shape index (κ3) is 4.37. The average molecular weight is 338 g/mol. The molecule has 0 saturated heterocycles. The number of carbonyl (C=O) groups excluding carboxylic acids is 1. The van der Waals surface area contributed by atoms with Gasteiger partial charge in [0.25, 0.3) is 0 Å². The fourth-order valence-electron chi connectivity index (χ4n) is 3.19. The zero-order chi connectivity index (χ0) is 18.2. The van der Waals surface area contributed by atoms with E-state index in [0.29, 0.717) is 0 Å². The highest BCUT2D eigenvalue weighted by Gasteiger charge is 2.38. The molecule has 1 aromatic rings. The Morgan fingerprint density at radius 1 is 1.40 bits per heavy atom. The summed E-state index contributed by atoms with van der Waals surface area (Å²) in [5, 5.41) is 9.18. The summed E-state index contributed by atoms with van der Waals surface area (Å²) in [7, 11) is 0. The number of hydrogen-bond donors (Lipinski definition) is 0. The number of ether oxygens (including phenoxy) is 1. The van der Waals surface area contributed by atoms with Gasteiger partial charge in [0.05, 0.1) is 17.9 Å². The highest BCUT2D eigenvalue weighted by Crippen LogP contribution is 2.41. The molecule has 0 fully saturated rings. The molecule has 0 radical (unpaired) electrons. The zero-order valence-electron chi connectivity index (χ0n) is 15.1. The Balaban J connectivity index is 2.24. The zero-order valence-corrected chi connectivity index (χ0v) is 15.1. The van der Waals surface area contributed by atoms with Crippen molar-refractivity contribution in [3.8, 4) is 6.07 Å². The molecule has 4 heteroatoms. The van der Waals surface area contributed by atoms with Gasteiger partial charge in [-0.15, -0.1) is 6.58 Å². The second kappa shape index (κ2) is 9.19. The fourth-order valence-corrected chi connectivity index (χ4v) is 3.19. The van der Waals surface area contributed by atoms with Crippen LogP contribution < -0.4 is 4.90 Å². The minimum absolute atomic E-state index is 0.104. The van der Waals surface area contributed by atoms with Crippen LogP contribution in [0.15, 0.2) is 43.0 Å². The van der Waals surface area contributed by atoms with Gasteiger partial charge in [-0.05, 0) is 12.5 Å². The maximum absolute atomic E-state index is 12.2. The van der Waals surface area contributed by atoms with Crippen molar-refractivity contribution in [1.82, 2.24) is 0 Å². The third-order valence-electron chi connectivity index (χ3n) is 4.44. The number of nitriles is 1. The first-order valence-corrected chi connectivity index (χ1v) is 8.90. The number of allylic oxidation sites excluding steroid dienone is 1. The number of benzene rings is 1. The maximum Gasteiger partial charge on any atom is 0.226 e. The average Bonchev–Trinajstić information content (AvgIpc) is 2.91. The van der Waals surface area contributed by atoms with Crippen molar-refractivity contribution in [1.29, 1.82) is 5.26 Å². The van der Waals surface area contributed by atoms with Gasteiger partial charge in [0, 0.05) is 24.1 Å². The molecule has 1 unspecified atom stereocenters. The summed E-state index contributed by atoms with van der Waals surface area (Å²) in [4.78, 5) is 13.9. The van der Waals surface area contributed by atoms with E-state index in [1.165, 1.54) is 25.8 Å². The van der Waals surface area contributed by atoms with Gasteiger partial charge in [0.15, 0.2) is 6.23 Å². The van der Waals surface area contributed by atoms with E-state index in [0.717, 1.165) is 36.1 Å². The third-order valence-corrected chi connectivity index (χ3v) is 4.44. The van der Waals surface area contributed by atoms with Crippen LogP contribution in [0.25, 0.3) is 5.57 Å². The highest BCUT2D eigenvalue weighted by molar-refractivity contribution is 6.03. The Hall–Kier alpha value is -2.38. The van der Waals surface area contributed by atoms with Gasteiger partial charge in [-0.2, -0.15) is 5.26 Å². The van der Waals surface area contributed by atoms with Crippen molar-refractivity contribution in [2.24, 2.45) is 0 Å². The van der Waals surface area contributed by atoms with Crippen LogP contribution in [0.5, 0.6) is 0 Å². The second-order valence-corrected chi connectivity index (χ2v) is 6.25. The largest absolute Gasteiger partial charge is 0.346 e. The van der Waals surface area contributed by atoms with Crippen LogP contribution in [0.1, 0.15) is 51.5 Å². The lowest BCUT2D eigenvalue weighted by Gasteiger charge is -2.28. The number of unbranched alkanes of at least 4 members (excludes halogenated alkanes) is 3. The number of fused-ring (bicyclic) bond motifs is 1. The Morgan fingerprint density at radius 3 is 2.80 bits per heavy atom. The van der Waals surface area contributed by atoms with E-state index in [2.05, 4.69) is 19.6 Å². The summed E-state index contributed by atoms with van der Waals surface area (Å²) in [5.74, 6) is -0.104. The standard InChI is InChI=1S/C21H26N2O2/c1-4-6-7-8-11-17(5-2)25-21-19(14-15-22)18-12-9-10-13-20(18)23(21)16(3)24/h5,9-10,12-14,17,21H,2,4,6-8,11H2,1,3H3/b19-14+/t17-,21?/m1/s1. The predicted octanol–water partition coefficient (Wildman–Crippen LogP) is 4.83. The number of amides is 1. The summed E-state index contributed by atoms with van der Waals surface area (Å²) < 4.78 is 6.23. The smallest absolute Gasteiger partial charge is 0.226 e. The summed E-state index contributed by atoms with van der Waals surface area (Å²) in [6, 6.07) is 9.68. The molecular weight excluding hydrogens is 312 g/mol. The fraction of sp³-hybridized carbons (Fsp3) is 0.429. The van der Waals surface area contributed by atoms with E-state index in [4.69, 9.17) is 4.74 Å². The highest BCUT2D eigenvalue weighted by atomic mass is 16.5. The normalized spacial score (nSPS) is 18.7. The van der Waals surface area contributed by atoms with Gasteiger partial charge >= 0.3 is 0 Å². The molecule has 0 N–H and O–H groups in total. The molecule has 1 aliphatic rings. The number of anilines is 1. The number of rotatable bonds is 8. The van der Waals surface area contributed by atoms with Gasteiger partial charge < -0.3 is 4.74 Å². The summed E-state index contributed by atoms with van der Waals surface area (Å²) in [6.07, 6.45) is 8.00. The van der Waals surface area contributed by atoms with Crippen LogP contribution in [-0.4, -0.2) is 18.2 Å². The van der Waals surface area contributed by atoms with Crippen LogP contribution in [0.2, 0.25) is 0 Å². The van der Waals surface area contributed by atoms with E-state index < -0.39 is 6.23 Å². The molecular formula is C21H26N2O2. The first-order valence-electron chi connectivity index (χ1n) is 8.90. The van der Waals surface area contributed by atoms with Crippen LogP contribution in [0.4, 0.5) is 5.69 Å². The Morgan fingerprint density at radius 2 is 2.16 bits per heavy atom. The van der Waals surface area contributed by atoms with Crippen molar-refractivity contribution in [2.45, 2.75) is 58.3 Å². The molecule has 4 nitrogen and oxygen atoms in total. The van der Waals surface area contributed by atoms with Crippen molar-refractivity contribution >= 4 is 17.2 Å². The van der Waals surface area contributed by atoms with Gasteiger partial charge in [-0.1, -0.05) is 56.9 Å². The van der Waals surface area contributed by atoms with Crippen LogP contribution in [0, 0.1) is 11.3 Å². The summed E-state index contributed by atoms with van der Waals surface area (Å²) in [5.41, 5.74) is 2.39. The predicted molar refractivity (Wildman–Crippen MR) is 101 cm³/mol. The van der Waals surface area contributed by atoms with E-state index in [-0.39, 0.29) is 12.0 Å². The van der Waals surface area contributed by atoms with Gasteiger partial charge in [0.2, 0.25) is 5.91 Å². The number of para-hydroxylation sites is 1. The minimum Gasteiger partial charge on any atom is -0.346 e. The Labute approximate surface area is 150 Å². The monoisotopic (exact) mass is 338 g/mol. The molecule has 0 saturated carbocycles. The van der Waals surface area contributed by atoms with Crippen molar-refractivity contribution in [2.75, 3.05) is 4.90 Å². The molecule has 25 heavy (non-hydrogen) atoms. The van der Waals surface area contributed by atoms with Crippen molar-refractivity contribution in [3.05, 3.63) is 48.6 Å². The van der Waals surface area contributed by atoms with Gasteiger partial charge in [-0.3, -0.25) is 9.69 Å². The first-order chi connectivity index (χ1) is 12.1. The number of nitrogens with zero attached hydrogens (tertiary/aromatic N) is 2. The molecule has 0 bridgehead atoms. The van der Waals surface area contributed by atoms with E-state index in [9.17, 15) is 10.1 Å². The van der Waals surface area contributed by atoms with Gasteiger partial charge in [0.1, 0.15) is 0 Å². The number of hydrogen-bond acceptors (Lipinski definition) is 3. The molecule has 0 spiro atoms. The Bertz CT molecular complexity index is 687. The molecule has 2 rings (SSSR count). The first kappa shape index (κ1) is 19.0. The molecule has 2 atom stereocenters. The van der Waals surface area contributed by atoms with Gasteiger partial charge in [-0.25, -0.2) is 0 Å². The lowest BCUT2D eigenvalue weighted by atomic mass is 10.1. The van der Waals surface area contributed by atoms with Crippen LogP contribution in [0.3, 0.4) is 0 Å². The SMILES string of the molecule is C=C[C@H](CCCCCC)OC1/C(=C/C#N)c2ccccc2N1C(C)=O. The lowest BCUT2D eigenvalue weighted by Crippen LogP contribution is -2.39. The molecule has 1 amide bonds. The number of carbonyl (C=O) groups is 1. The van der Waals surface area contributed by atoms with Crippen molar-refractivity contribution < 1.29 is 9.53 Å². The van der Waals surface area contributed by atoms with E-state index >= 15 is 0 Å². The summed E-state index contributed by atoms with van der Waals surface area (Å²) >= 11 is 0. The van der Waals surface area contributed by atoms with Crippen molar-refractivity contribution in [3.63, 3.8) is 0 Å². The molecule has 1 aromatic carbocycles. The Kier molecular flexibility index (Phi) is 6.97. The molecule has 132 valence electrons. The van der Waals surface area contributed by atoms with E-state index in [1.807, 2.05) is 24.3 Å². The molecule has 1 heterocycles. The topological polar surface area (TPSA) is 53.3 Å². The lowest BCUT2D eigenvalue weighted by molar-refractivity contribution is -0.118. The maximum atomic E-state index is 12.2. The minimum atomic E-state index is -0.580. The van der Waals surface area contributed by atoms with E-state index in [1.54, 1.807) is 11.0 Å². The second-order valence-electron chi connectivity index (χ2n) is 6.25. The molecule has 1 aliphatic heterocycles. The molecule has 0 aromatic heterocycles.